The van der Waals surface area contributed by atoms with Gasteiger partial charge >= 0.3 is 0 Å². The van der Waals surface area contributed by atoms with Crippen molar-refractivity contribution in [1.82, 2.24) is 9.97 Å². The molecule has 1 atom stereocenters. The third-order valence-corrected chi connectivity index (χ3v) is 9.04. The van der Waals surface area contributed by atoms with E-state index in [-0.39, 0.29) is 5.92 Å². The lowest BCUT2D eigenvalue weighted by Crippen LogP contribution is -2.20. The molecule has 0 aliphatic carbocycles. The molecule has 5 heteroatoms. The van der Waals surface area contributed by atoms with Crippen molar-refractivity contribution in [3.8, 4) is 5.75 Å². The van der Waals surface area contributed by atoms with Gasteiger partial charge in [-0.1, -0.05) is 50.2 Å². The number of fused-ring (bicyclic) bond motifs is 6. The Kier molecular flexibility index (Phi) is 6.53. The van der Waals surface area contributed by atoms with Gasteiger partial charge in [-0.25, -0.2) is 0 Å². The summed E-state index contributed by atoms with van der Waals surface area (Å²) < 4.78 is 5.51. The van der Waals surface area contributed by atoms with E-state index < -0.39 is 0 Å². The number of methoxy groups -OCH3 is 1. The molecule has 0 bridgehead atoms. The number of hydrogen-bond acceptors (Lipinski definition) is 3. The van der Waals surface area contributed by atoms with E-state index in [0.29, 0.717) is 5.92 Å². The molecule has 0 amide bonds. The molecule has 2 aliphatic rings. The van der Waals surface area contributed by atoms with E-state index >= 15 is 0 Å². The largest absolute Gasteiger partial charge is 0.497 e. The first-order chi connectivity index (χ1) is 20.0. The second-order valence-corrected chi connectivity index (χ2v) is 12.0. The topological polar surface area (TPSA) is 65.5 Å². The summed E-state index contributed by atoms with van der Waals surface area (Å²) in [4.78, 5) is 17.7. The van der Waals surface area contributed by atoms with Crippen molar-refractivity contribution < 1.29 is 4.74 Å². The zero-order valence-corrected chi connectivity index (χ0v) is 24.5. The van der Waals surface area contributed by atoms with Crippen LogP contribution in [0, 0.1) is 6.92 Å². The summed E-state index contributed by atoms with van der Waals surface area (Å²) in [6, 6.07) is 22.4. The third kappa shape index (κ3) is 4.67. The number of nitrogens with one attached hydrogen (secondary N) is 2. The van der Waals surface area contributed by atoms with Crippen LogP contribution in [0.3, 0.4) is 0 Å². The Bertz CT molecular complexity index is 1820. The quantitative estimate of drug-likeness (QED) is 0.215. The van der Waals surface area contributed by atoms with Crippen LogP contribution < -0.4 is 4.74 Å². The van der Waals surface area contributed by atoms with Gasteiger partial charge < -0.3 is 14.7 Å². The Hall–Kier alpha value is -4.12. The number of nitrogens with zero attached hydrogens (tertiary/aromatic N) is 2. The fourth-order valence-electron chi connectivity index (χ4n) is 6.77. The fraction of sp³-hybridized carbons (Fsp3) is 0.333. The molecule has 2 aromatic heterocycles. The van der Waals surface area contributed by atoms with Gasteiger partial charge in [0.15, 0.2) is 0 Å². The van der Waals surface area contributed by atoms with Crippen molar-refractivity contribution in [2.75, 3.05) is 20.2 Å². The molecule has 0 radical (unpaired) electrons. The minimum absolute atomic E-state index is 0.264. The molecule has 2 N–H and O–H groups in total. The van der Waals surface area contributed by atoms with Gasteiger partial charge in [0.05, 0.1) is 29.9 Å². The summed E-state index contributed by atoms with van der Waals surface area (Å²) in [5, 5.41) is 2.62. The number of aryl methyl sites for hydroxylation is 1. The molecule has 5 nitrogen and oxygen atoms in total. The van der Waals surface area contributed by atoms with Gasteiger partial charge in [-0.3, -0.25) is 9.98 Å². The normalized spacial score (nSPS) is 15.5. The van der Waals surface area contributed by atoms with Gasteiger partial charge in [-0.15, -0.1) is 0 Å². The monoisotopic (exact) mass is 542 g/mol. The predicted octanol–water partition coefficient (Wildman–Crippen LogP) is 8.04. The van der Waals surface area contributed by atoms with Gasteiger partial charge in [-0.2, -0.15) is 0 Å². The lowest BCUT2D eigenvalue weighted by Gasteiger charge is -2.23. The zero-order chi connectivity index (χ0) is 28.1. The number of aromatic nitrogens is 2. The van der Waals surface area contributed by atoms with E-state index in [1.54, 1.807) is 7.11 Å². The van der Waals surface area contributed by atoms with E-state index in [1.165, 1.54) is 66.9 Å². The van der Waals surface area contributed by atoms with Crippen molar-refractivity contribution in [2.45, 2.75) is 58.3 Å². The highest BCUT2D eigenvalue weighted by Gasteiger charge is 2.27. The SMILES string of the molecule is COc1ccc2c3c([nH]c2c1)C(CC(CC1=NCCc2c1[nH]c1cc(C)ccc21)c1ccc(C(C)C)cc1)=NCC3. The van der Waals surface area contributed by atoms with Gasteiger partial charge in [-0.05, 0) is 90.5 Å². The van der Waals surface area contributed by atoms with Crippen molar-refractivity contribution >= 4 is 33.2 Å². The van der Waals surface area contributed by atoms with E-state index in [9.17, 15) is 0 Å². The summed E-state index contributed by atoms with van der Waals surface area (Å²) in [5.41, 5.74) is 13.9. The minimum Gasteiger partial charge on any atom is -0.497 e. The Morgan fingerprint density at radius 1 is 0.732 bits per heavy atom. The number of rotatable bonds is 7. The van der Waals surface area contributed by atoms with E-state index in [4.69, 9.17) is 14.7 Å². The van der Waals surface area contributed by atoms with E-state index in [0.717, 1.165) is 50.0 Å². The van der Waals surface area contributed by atoms with Crippen molar-refractivity contribution in [3.05, 3.63) is 99.9 Å². The summed E-state index contributed by atoms with van der Waals surface area (Å²) >= 11 is 0. The van der Waals surface area contributed by atoms with Crippen LogP contribution in [0.1, 0.15) is 77.7 Å². The molecule has 3 aromatic carbocycles. The molecule has 0 saturated heterocycles. The summed E-state index contributed by atoms with van der Waals surface area (Å²) in [5.74, 6) is 1.65. The van der Waals surface area contributed by atoms with E-state index in [2.05, 4.69) is 91.4 Å². The van der Waals surface area contributed by atoms with E-state index in [1.807, 2.05) is 0 Å². The molecule has 1 unspecified atom stereocenters. The number of aliphatic imine (C=N–C) groups is 2. The number of benzene rings is 3. The van der Waals surface area contributed by atoms with Crippen LogP contribution in [0.15, 0.2) is 70.6 Å². The molecule has 2 aliphatic heterocycles. The second-order valence-electron chi connectivity index (χ2n) is 12.0. The van der Waals surface area contributed by atoms with Crippen LogP contribution in [-0.4, -0.2) is 41.6 Å². The summed E-state index contributed by atoms with van der Waals surface area (Å²) in [6.45, 7) is 8.34. The van der Waals surface area contributed by atoms with Crippen LogP contribution in [0.5, 0.6) is 5.75 Å². The number of aromatic amines is 2. The molecule has 4 heterocycles. The molecule has 5 aromatic rings. The van der Waals surface area contributed by atoms with Crippen LogP contribution in [0.4, 0.5) is 0 Å². The average molecular weight is 543 g/mol. The lowest BCUT2D eigenvalue weighted by molar-refractivity contribution is 0.415. The summed E-state index contributed by atoms with van der Waals surface area (Å²) in [6.07, 6.45) is 3.70. The molecule has 0 fully saturated rings. The van der Waals surface area contributed by atoms with Crippen molar-refractivity contribution in [1.29, 1.82) is 0 Å². The Balaban J connectivity index is 1.26. The summed E-state index contributed by atoms with van der Waals surface area (Å²) in [7, 11) is 1.72. The maximum absolute atomic E-state index is 5.51. The molecule has 0 saturated carbocycles. The maximum Gasteiger partial charge on any atom is 0.120 e. The van der Waals surface area contributed by atoms with Gasteiger partial charge in [0, 0.05) is 41.0 Å². The predicted molar refractivity (Wildman–Crippen MR) is 171 cm³/mol. The number of H-pyrrole nitrogens is 2. The third-order valence-electron chi connectivity index (χ3n) is 9.04. The van der Waals surface area contributed by atoms with Crippen molar-refractivity contribution in [2.24, 2.45) is 9.98 Å². The maximum atomic E-state index is 5.51. The minimum atomic E-state index is 0.264. The van der Waals surface area contributed by atoms with Crippen LogP contribution in [0.25, 0.3) is 21.8 Å². The highest BCUT2D eigenvalue weighted by molar-refractivity contribution is 6.09. The smallest absolute Gasteiger partial charge is 0.120 e. The van der Waals surface area contributed by atoms with Gasteiger partial charge in [0.25, 0.3) is 0 Å². The molecule has 208 valence electrons. The number of ether oxygens (including phenoxy) is 1. The average Bonchev–Trinajstić information content (AvgIpc) is 3.55. The Morgan fingerprint density at radius 3 is 1.88 bits per heavy atom. The fourth-order valence-corrected chi connectivity index (χ4v) is 6.77. The molecule has 41 heavy (non-hydrogen) atoms. The molecule has 0 spiro atoms. The molecular formula is C36H38N4O. The highest BCUT2D eigenvalue weighted by atomic mass is 16.5. The second kappa shape index (κ2) is 10.4. The lowest BCUT2D eigenvalue weighted by atomic mass is 9.84. The molecule has 7 rings (SSSR count). The van der Waals surface area contributed by atoms with Crippen LogP contribution in [-0.2, 0) is 12.8 Å². The van der Waals surface area contributed by atoms with Crippen LogP contribution >= 0.6 is 0 Å². The first-order valence-electron chi connectivity index (χ1n) is 15.0. The first kappa shape index (κ1) is 25.8. The Labute approximate surface area is 241 Å². The standard InChI is InChI=1S/C36H38N4O/c1-21(2)23-6-8-24(9-7-23)25(18-33-35-29(13-15-37-33)27-11-5-22(3)17-31(27)39-35)19-34-36-30(14-16-38-34)28-12-10-26(41-4)20-32(28)40-36/h5-12,17,20-21,25,39-40H,13-16,18-19H2,1-4H3. The van der Waals surface area contributed by atoms with Crippen molar-refractivity contribution in [3.63, 3.8) is 0 Å². The zero-order valence-electron chi connectivity index (χ0n) is 24.5. The highest BCUT2D eigenvalue weighted by Crippen LogP contribution is 2.36. The van der Waals surface area contributed by atoms with Gasteiger partial charge in [0.2, 0.25) is 0 Å². The number of hydrogen-bond donors (Lipinski definition) is 2. The Morgan fingerprint density at radius 2 is 1.29 bits per heavy atom. The first-order valence-corrected chi connectivity index (χ1v) is 15.0. The van der Waals surface area contributed by atoms with Crippen LogP contribution in [0.2, 0.25) is 0 Å². The molecular weight excluding hydrogens is 504 g/mol. The van der Waals surface area contributed by atoms with Gasteiger partial charge in [0.1, 0.15) is 5.75 Å².